The van der Waals surface area contributed by atoms with Gasteiger partial charge in [0, 0.05) is 11.3 Å². The standard InChI is InChI=1S/C11H13ClN2OS/c1-6-7(2)16-11(14-6)5-8(13)9-3-4-10(12)15-9/h3-4,8H,5,13H2,1-2H3. The van der Waals surface area contributed by atoms with Gasteiger partial charge in [-0.3, -0.25) is 0 Å². The molecule has 0 aliphatic carbocycles. The molecule has 0 amide bonds. The number of rotatable bonds is 3. The third-order valence-corrected chi connectivity index (χ3v) is 3.73. The van der Waals surface area contributed by atoms with Crippen LogP contribution >= 0.6 is 22.9 Å². The van der Waals surface area contributed by atoms with E-state index in [0.29, 0.717) is 17.4 Å². The summed E-state index contributed by atoms with van der Waals surface area (Å²) in [6.45, 7) is 4.07. The summed E-state index contributed by atoms with van der Waals surface area (Å²) in [6, 6.07) is 3.33. The van der Waals surface area contributed by atoms with Gasteiger partial charge in [0.2, 0.25) is 0 Å². The lowest BCUT2D eigenvalue weighted by atomic mass is 10.2. The number of halogens is 1. The van der Waals surface area contributed by atoms with E-state index in [1.807, 2.05) is 6.92 Å². The van der Waals surface area contributed by atoms with E-state index in [4.69, 9.17) is 21.8 Å². The highest BCUT2D eigenvalue weighted by molar-refractivity contribution is 7.11. The quantitative estimate of drug-likeness (QED) is 0.917. The number of aryl methyl sites for hydroxylation is 2. The zero-order chi connectivity index (χ0) is 11.7. The van der Waals surface area contributed by atoms with Crippen molar-refractivity contribution >= 4 is 22.9 Å². The van der Waals surface area contributed by atoms with Gasteiger partial charge in [-0.2, -0.15) is 0 Å². The first kappa shape index (κ1) is 11.6. The molecule has 16 heavy (non-hydrogen) atoms. The first-order valence-corrected chi connectivity index (χ1v) is 6.19. The van der Waals surface area contributed by atoms with Crippen LogP contribution in [0.15, 0.2) is 16.5 Å². The molecule has 5 heteroatoms. The zero-order valence-electron chi connectivity index (χ0n) is 9.16. The Hall–Kier alpha value is -0.840. The van der Waals surface area contributed by atoms with Crippen LogP contribution in [0.4, 0.5) is 0 Å². The van der Waals surface area contributed by atoms with E-state index in [9.17, 15) is 0 Å². The van der Waals surface area contributed by atoms with Crippen LogP contribution in [0.5, 0.6) is 0 Å². The number of nitrogens with two attached hydrogens (primary N) is 1. The molecular weight excluding hydrogens is 244 g/mol. The van der Waals surface area contributed by atoms with Crippen LogP contribution in [0.25, 0.3) is 0 Å². The van der Waals surface area contributed by atoms with Crippen LogP contribution in [0.2, 0.25) is 5.22 Å². The third-order valence-electron chi connectivity index (χ3n) is 2.43. The second-order valence-electron chi connectivity index (χ2n) is 3.70. The van der Waals surface area contributed by atoms with Gasteiger partial charge in [0.15, 0.2) is 5.22 Å². The number of hydrogen-bond acceptors (Lipinski definition) is 4. The molecule has 0 saturated heterocycles. The van der Waals surface area contributed by atoms with Crippen LogP contribution in [0.3, 0.4) is 0 Å². The van der Waals surface area contributed by atoms with Gasteiger partial charge >= 0.3 is 0 Å². The molecule has 0 radical (unpaired) electrons. The molecule has 2 N–H and O–H groups in total. The number of furan rings is 1. The highest BCUT2D eigenvalue weighted by Gasteiger charge is 2.14. The van der Waals surface area contributed by atoms with Gasteiger partial charge in [0.25, 0.3) is 0 Å². The van der Waals surface area contributed by atoms with Crippen molar-refractivity contribution in [1.29, 1.82) is 0 Å². The van der Waals surface area contributed by atoms with Crippen molar-refractivity contribution < 1.29 is 4.42 Å². The fourth-order valence-electron chi connectivity index (χ4n) is 1.44. The van der Waals surface area contributed by atoms with E-state index in [-0.39, 0.29) is 6.04 Å². The van der Waals surface area contributed by atoms with E-state index < -0.39 is 0 Å². The van der Waals surface area contributed by atoms with Crippen molar-refractivity contribution in [2.24, 2.45) is 5.73 Å². The van der Waals surface area contributed by atoms with Gasteiger partial charge in [-0.05, 0) is 37.6 Å². The van der Waals surface area contributed by atoms with Crippen LogP contribution in [-0.2, 0) is 6.42 Å². The van der Waals surface area contributed by atoms with E-state index >= 15 is 0 Å². The molecule has 2 aromatic rings. The summed E-state index contributed by atoms with van der Waals surface area (Å²) in [6.07, 6.45) is 0.684. The Morgan fingerprint density at radius 1 is 1.50 bits per heavy atom. The first-order valence-electron chi connectivity index (χ1n) is 5.00. The maximum Gasteiger partial charge on any atom is 0.193 e. The molecule has 1 atom stereocenters. The highest BCUT2D eigenvalue weighted by Crippen LogP contribution is 2.24. The molecule has 0 aliphatic rings. The molecule has 3 nitrogen and oxygen atoms in total. The Morgan fingerprint density at radius 2 is 2.25 bits per heavy atom. The van der Waals surface area contributed by atoms with Gasteiger partial charge in [-0.25, -0.2) is 4.98 Å². The smallest absolute Gasteiger partial charge is 0.193 e. The molecule has 2 rings (SSSR count). The highest BCUT2D eigenvalue weighted by atomic mass is 35.5. The average molecular weight is 257 g/mol. The van der Waals surface area contributed by atoms with Gasteiger partial charge in [0.1, 0.15) is 5.76 Å². The topological polar surface area (TPSA) is 52.0 Å². The van der Waals surface area contributed by atoms with Gasteiger partial charge in [-0.1, -0.05) is 0 Å². The molecular formula is C11H13ClN2OS. The predicted octanol–water partition coefficient (Wildman–Crippen LogP) is 3.25. The van der Waals surface area contributed by atoms with Crippen molar-refractivity contribution in [3.05, 3.63) is 38.7 Å². The van der Waals surface area contributed by atoms with E-state index in [0.717, 1.165) is 10.7 Å². The first-order chi connectivity index (χ1) is 7.56. The fourth-order valence-corrected chi connectivity index (χ4v) is 2.59. The average Bonchev–Trinajstić information content (AvgIpc) is 2.75. The molecule has 1 unspecified atom stereocenters. The zero-order valence-corrected chi connectivity index (χ0v) is 10.7. The summed E-state index contributed by atoms with van der Waals surface area (Å²) in [5.41, 5.74) is 7.09. The Morgan fingerprint density at radius 3 is 2.75 bits per heavy atom. The summed E-state index contributed by atoms with van der Waals surface area (Å²) in [5, 5.41) is 1.41. The van der Waals surface area contributed by atoms with Gasteiger partial charge < -0.3 is 10.2 Å². The lowest BCUT2D eigenvalue weighted by Crippen LogP contribution is -2.12. The molecule has 0 saturated carbocycles. The summed E-state index contributed by atoms with van der Waals surface area (Å²) >= 11 is 7.38. The minimum Gasteiger partial charge on any atom is -0.448 e. The second-order valence-corrected chi connectivity index (χ2v) is 5.36. The minimum absolute atomic E-state index is 0.183. The lowest BCUT2D eigenvalue weighted by molar-refractivity contribution is 0.466. The predicted molar refractivity (Wildman–Crippen MR) is 65.9 cm³/mol. The van der Waals surface area contributed by atoms with Crippen LogP contribution in [0.1, 0.15) is 27.4 Å². The maximum atomic E-state index is 6.01. The number of nitrogens with zero attached hydrogens (tertiary/aromatic N) is 1. The van der Waals surface area contributed by atoms with E-state index in [1.54, 1.807) is 23.5 Å². The van der Waals surface area contributed by atoms with Crippen LogP contribution < -0.4 is 5.73 Å². The number of hydrogen-bond donors (Lipinski definition) is 1. The molecule has 0 aromatic carbocycles. The Labute approximate surface area is 103 Å². The van der Waals surface area contributed by atoms with Gasteiger partial charge in [-0.15, -0.1) is 11.3 Å². The van der Waals surface area contributed by atoms with Crippen molar-refractivity contribution in [2.75, 3.05) is 0 Å². The number of aromatic nitrogens is 1. The van der Waals surface area contributed by atoms with E-state index in [1.165, 1.54) is 4.88 Å². The second kappa shape index (κ2) is 4.57. The van der Waals surface area contributed by atoms with E-state index in [2.05, 4.69) is 11.9 Å². The maximum absolute atomic E-state index is 6.01. The fraction of sp³-hybridized carbons (Fsp3) is 0.364. The minimum atomic E-state index is -0.183. The molecule has 2 aromatic heterocycles. The summed E-state index contributed by atoms with van der Waals surface area (Å²) < 4.78 is 5.27. The van der Waals surface area contributed by atoms with Crippen molar-refractivity contribution in [1.82, 2.24) is 4.98 Å². The van der Waals surface area contributed by atoms with Crippen molar-refractivity contribution in [3.63, 3.8) is 0 Å². The normalized spacial score (nSPS) is 13.0. The lowest BCUT2D eigenvalue weighted by Gasteiger charge is -2.05. The molecule has 0 fully saturated rings. The molecule has 86 valence electrons. The molecule has 0 aliphatic heterocycles. The Kier molecular flexibility index (Phi) is 3.33. The molecule has 0 bridgehead atoms. The Balaban J connectivity index is 2.10. The summed E-state index contributed by atoms with van der Waals surface area (Å²) in [4.78, 5) is 5.68. The summed E-state index contributed by atoms with van der Waals surface area (Å²) in [7, 11) is 0. The number of thiazole rings is 1. The largest absolute Gasteiger partial charge is 0.448 e. The Bertz CT molecular complexity index is 472. The van der Waals surface area contributed by atoms with Crippen molar-refractivity contribution in [3.8, 4) is 0 Å². The van der Waals surface area contributed by atoms with Crippen LogP contribution in [-0.4, -0.2) is 4.98 Å². The molecule has 0 spiro atoms. The van der Waals surface area contributed by atoms with Gasteiger partial charge in [0.05, 0.1) is 16.7 Å². The molecule has 2 heterocycles. The third kappa shape index (κ3) is 2.45. The van der Waals surface area contributed by atoms with Crippen LogP contribution in [0, 0.1) is 13.8 Å². The monoisotopic (exact) mass is 256 g/mol. The summed E-state index contributed by atoms with van der Waals surface area (Å²) in [5.74, 6) is 0.704. The SMILES string of the molecule is Cc1nc(CC(N)c2ccc(Cl)o2)sc1C. The van der Waals surface area contributed by atoms with Crippen molar-refractivity contribution in [2.45, 2.75) is 26.3 Å².